The molecule has 0 N–H and O–H groups in total. The third-order valence-corrected chi connectivity index (χ3v) is 2.40. The van der Waals surface area contributed by atoms with E-state index in [2.05, 4.69) is 0 Å². The number of carbonyl (C=O) groups is 2. The number of methoxy groups -OCH3 is 1. The van der Waals surface area contributed by atoms with Crippen LogP contribution in [0.1, 0.15) is 23.7 Å². The molecular formula is C12H13ClO4. The number of rotatable bonds is 5. The number of Topliss-reactive ketones (excluding diaryl/α,β-unsaturated/α-hetero) is 1. The lowest BCUT2D eigenvalue weighted by atomic mass is 10.1. The number of esters is 1. The molecule has 0 aromatic heterocycles. The van der Waals surface area contributed by atoms with Gasteiger partial charge in [0.25, 0.3) is 0 Å². The molecule has 0 spiro atoms. The Morgan fingerprint density at radius 3 is 2.59 bits per heavy atom. The van der Waals surface area contributed by atoms with E-state index in [0.717, 1.165) is 0 Å². The standard InChI is InChI=1S/C12H13ClO4/c1-3-17-12(15)7-11(14)9-5-4-8(16-2)6-10(9)13/h4-6H,3,7H2,1-2H3. The summed E-state index contributed by atoms with van der Waals surface area (Å²) in [7, 11) is 1.51. The number of ether oxygens (including phenoxy) is 2. The first kappa shape index (κ1) is 13.5. The highest BCUT2D eigenvalue weighted by atomic mass is 35.5. The van der Waals surface area contributed by atoms with Crippen molar-refractivity contribution in [2.45, 2.75) is 13.3 Å². The summed E-state index contributed by atoms with van der Waals surface area (Å²) in [6.45, 7) is 1.94. The molecule has 0 fully saturated rings. The molecule has 5 heteroatoms. The summed E-state index contributed by atoms with van der Waals surface area (Å²) in [5.74, 6) is -0.358. The highest BCUT2D eigenvalue weighted by molar-refractivity contribution is 6.34. The summed E-state index contributed by atoms with van der Waals surface area (Å²) in [6.07, 6.45) is -0.306. The van der Waals surface area contributed by atoms with Gasteiger partial charge in [-0.25, -0.2) is 0 Å². The Balaban J connectivity index is 2.79. The lowest BCUT2D eigenvalue weighted by Crippen LogP contribution is -2.11. The Kier molecular flexibility index (Phi) is 4.97. The van der Waals surface area contributed by atoms with Crippen LogP contribution in [0.25, 0.3) is 0 Å². The van der Waals surface area contributed by atoms with E-state index in [4.69, 9.17) is 21.1 Å². The normalized spacial score (nSPS) is 9.82. The summed E-state index contributed by atoms with van der Waals surface area (Å²) < 4.78 is 9.65. The number of hydrogen-bond acceptors (Lipinski definition) is 4. The molecule has 0 saturated carbocycles. The zero-order chi connectivity index (χ0) is 12.8. The number of ketones is 1. The van der Waals surface area contributed by atoms with Crippen molar-refractivity contribution in [2.24, 2.45) is 0 Å². The Labute approximate surface area is 104 Å². The van der Waals surface area contributed by atoms with E-state index < -0.39 is 5.97 Å². The van der Waals surface area contributed by atoms with Crippen LogP contribution in [0.3, 0.4) is 0 Å². The summed E-state index contributed by atoms with van der Waals surface area (Å²) in [4.78, 5) is 22.9. The number of hydrogen-bond donors (Lipinski definition) is 0. The van der Waals surface area contributed by atoms with Crippen molar-refractivity contribution in [3.05, 3.63) is 28.8 Å². The molecule has 92 valence electrons. The second-order valence-corrected chi connectivity index (χ2v) is 3.66. The maximum Gasteiger partial charge on any atom is 0.313 e. The largest absolute Gasteiger partial charge is 0.497 e. The fourth-order valence-electron chi connectivity index (χ4n) is 1.29. The highest BCUT2D eigenvalue weighted by Gasteiger charge is 2.15. The minimum Gasteiger partial charge on any atom is -0.497 e. The minimum absolute atomic E-state index is 0.252. The van der Waals surface area contributed by atoms with Gasteiger partial charge in [-0.1, -0.05) is 11.6 Å². The fraction of sp³-hybridized carbons (Fsp3) is 0.333. The van der Waals surface area contributed by atoms with E-state index in [1.807, 2.05) is 0 Å². The molecule has 0 radical (unpaired) electrons. The summed E-state index contributed by atoms with van der Waals surface area (Å²) in [5.41, 5.74) is 0.292. The van der Waals surface area contributed by atoms with Crippen molar-refractivity contribution >= 4 is 23.4 Å². The van der Waals surface area contributed by atoms with Crippen molar-refractivity contribution in [3.8, 4) is 5.75 Å². The summed E-state index contributed by atoms with van der Waals surface area (Å²) in [5, 5.41) is 0.263. The molecule has 0 aliphatic heterocycles. The molecule has 0 heterocycles. The van der Waals surface area contributed by atoms with Crippen LogP contribution in [0, 0.1) is 0 Å². The van der Waals surface area contributed by atoms with Gasteiger partial charge in [0, 0.05) is 5.56 Å². The summed E-state index contributed by atoms with van der Waals surface area (Å²) >= 11 is 5.91. The Bertz CT molecular complexity index is 429. The minimum atomic E-state index is -0.551. The van der Waals surface area contributed by atoms with Crippen LogP contribution in [0.4, 0.5) is 0 Å². The average Bonchev–Trinajstić information content (AvgIpc) is 2.28. The van der Waals surface area contributed by atoms with E-state index in [9.17, 15) is 9.59 Å². The smallest absolute Gasteiger partial charge is 0.313 e. The number of benzene rings is 1. The predicted octanol–water partition coefficient (Wildman–Crippen LogP) is 2.48. The Hall–Kier alpha value is -1.55. The molecule has 1 aromatic rings. The van der Waals surface area contributed by atoms with Gasteiger partial charge >= 0.3 is 5.97 Å². The van der Waals surface area contributed by atoms with Crippen LogP contribution >= 0.6 is 11.6 Å². The van der Waals surface area contributed by atoms with Crippen LogP contribution in [0.2, 0.25) is 5.02 Å². The van der Waals surface area contributed by atoms with Crippen molar-refractivity contribution < 1.29 is 19.1 Å². The fourth-order valence-corrected chi connectivity index (χ4v) is 1.56. The molecule has 1 rings (SSSR count). The molecule has 17 heavy (non-hydrogen) atoms. The Morgan fingerprint density at radius 2 is 2.06 bits per heavy atom. The quantitative estimate of drug-likeness (QED) is 0.461. The van der Waals surface area contributed by atoms with Crippen LogP contribution in [0.15, 0.2) is 18.2 Å². The first-order chi connectivity index (χ1) is 8.08. The van der Waals surface area contributed by atoms with Gasteiger partial charge in [-0.2, -0.15) is 0 Å². The zero-order valence-electron chi connectivity index (χ0n) is 9.66. The molecule has 0 aliphatic carbocycles. The van der Waals surface area contributed by atoms with Crippen LogP contribution in [-0.4, -0.2) is 25.5 Å². The lowest BCUT2D eigenvalue weighted by Gasteiger charge is -2.05. The van der Waals surface area contributed by atoms with Gasteiger partial charge in [0.2, 0.25) is 0 Å². The van der Waals surface area contributed by atoms with E-state index >= 15 is 0 Å². The number of carbonyl (C=O) groups excluding carboxylic acids is 2. The van der Waals surface area contributed by atoms with Gasteiger partial charge in [0.1, 0.15) is 12.2 Å². The van der Waals surface area contributed by atoms with E-state index in [-0.39, 0.29) is 23.8 Å². The van der Waals surface area contributed by atoms with Gasteiger partial charge in [-0.15, -0.1) is 0 Å². The van der Waals surface area contributed by atoms with Crippen molar-refractivity contribution in [1.82, 2.24) is 0 Å². The lowest BCUT2D eigenvalue weighted by molar-refractivity contribution is -0.141. The molecule has 0 amide bonds. The van der Waals surface area contributed by atoms with Gasteiger partial charge in [0.15, 0.2) is 5.78 Å². The maximum absolute atomic E-state index is 11.7. The molecular weight excluding hydrogens is 244 g/mol. The zero-order valence-corrected chi connectivity index (χ0v) is 10.4. The first-order valence-corrected chi connectivity index (χ1v) is 5.48. The second-order valence-electron chi connectivity index (χ2n) is 3.25. The second kappa shape index (κ2) is 6.25. The van der Waals surface area contributed by atoms with Gasteiger partial charge < -0.3 is 9.47 Å². The summed E-state index contributed by atoms with van der Waals surface area (Å²) in [6, 6.07) is 4.67. The van der Waals surface area contributed by atoms with Crippen molar-refractivity contribution in [2.75, 3.05) is 13.7 Å². The SMILES string of the molecule is CCOC(=O)CC(=O)c1ccc(OC)cc1Cl. The maximum atomic E-state index is 11.7. The van der Waals surface area contributed by atoms with Crippen LogP contribution in [-0.2, 0) is 9.53 Å². The number of halogens is 1. The topological polar surface area (TPSA) is 52.6 Å². The molecule has 0 bridgehead atoms. The Morgan fingerprint density at radius 1 is 1.35 bits per heavy atom. The first-order valence-electron chi connectivity index (χ1n) is 5.10. The highest BCUT2D eigenvalue weighted by Crippen LogP contribution is 2.23. The van der Waals surface area contributed by atoms with Gasteiger partial charge in [-0.3, -0.25) is 9.59 Å². The predicted molar refractivity (Wildman–Crippen MR) is 63.6 cm³/mol. The average molecular weight is 257 g/mol. The van der Waals surface area contributed by atoms with Crippen LogP contribution < -0.4 is 4.74 Å². The van der Waals surface area contributed by atoms with Crippen molar-refractivity contribution in [1.29, 1.82) is 0 Å². The molecule has 0 aliphatic rings. The molecule has 0 unspecified atom stereocenters. The van der Waals surface area contributed by atoms with Gasteiger partial charge in [0.05, 0.1) is 18.7 Å². The third-order valence-electron chi connectivity index (χ3n) is 2.09. The molecule has 1 aromatic carbocycles. The van der Waals surface area contributed by atoms with Gasteiger partial charge in [-0.05, 0) is 25.1 Å². The monoisotopic (exact) mass is 256 g/mol. The third kappa shape index (κ3) is 3.75. The van der Waals surface area contributed by atoms with E-state index in [1.165, 1.54) is 19.2 Å². The van der Waals surface area contributed by atoms with E-state index in [1.54, 1.807) is 13.0 Å². The molecule has 0 saturated heterocycles. The molecule has 4 nitrogen and oxygen atoms in total. The van der Waals surface area contributed by atoms with Crippen molar-refractivity contribution in [3.63, 3.8) is 0 Å². The van der Waals surface area contributed by atoms with E-state index in [0.29, 0.717) is 11.3 Å². The van der Waals surface area contributed by atoms with Crippen LogP contribution in [0.5, 0.6) is 5.75 Å². The molecule has 0 atom stereocenters.